The summed E-state index contributed by atoms with van der Waals surface area (Å²) in [7, 11) is 0. The number of aromatic amines is 1. The molecule has 0 saturated carbocycles. The molecule has 0 aromatic carbocycles. The van der Waals surface area contributed by atoms with Gasteiger partial charge >= 0.3 is 0 Å². The largest absolute Gasteiger partial charge is 0.504 e. The zero-order chi connectivity index (χ0) is 13.6. The number of aromatic nitrogens is 2. The van der Waals surface area contributed by atoms with Crippen molar-refractivity contribution in [3.63, 3.8) is 0 Å². The SMILES string of the molecule is OCC1NC(c2c[nH]c3c(O)cncc23)C(O)C1O. The van der Waals surface area contributed by atoms with Crippen LogP contribution in [0.25, 0.3) is 10.9 Å². The van der Waals surface area contributed by atoms with Gasteiger partial charge in [-0.05, 0) is 5.56 Å². The third kappa shape index (κ3) is 1.79. The smallest absolute Gasteiger partial charge is 0.158 e. The molecule has 7 nitrogen and oxygen atoms in total. The molecule has 0 amide bonds. The van der Waals surface area contributed by atoms with Crippen LogP contribution in [0.15, 0.2) is 18.6 Å². The maximum absolute atomic E-state index is 10.0. The number of pyridine rings is 1. The summed E-state index contributed by atoms with van der Waals surface area (Å²) in [6, 6.07) is -1.10. The van der Waals surface area contributed by atoms with Crippen LogP contribution in [0.2, 0.25) is 0 Å². The lowest BCUT2D eigenvalue weighted by atomic mass is 10.0. The fourth-order valence-corrected chi connectivity index (χ4v) is 2.60. The Labute approximate surface area is 108 Å². The average molecular weight is 265 g/mol. The summed E-state index contributed by atoms with van der Waals surface area (Å²) in [4.78, 5) is 6.82. The standard InChI is InChI=1S/C12H15N3O4/c16-4-7-11(18)12(19)10(15-7)6-2-14-9-5(6)1-13-3-8(9)17/h1-3,7,10-12,14-19H,4H2. The molecule has 6 N–H and O–H groups in total. The molecule has 0 bridgehead atoms. The van der Waals surface area contributed by atoms with E-state index in [1.54, 1.807) is 12.4 Å². The highest BCUT2D eigenvalue weighted by atomic mass is 16.3. The third-order valence-electron chi connectivity index (χ3n) is 3.64. The molecule has 7 heteroatoms. The monoisotopic (exact) mass is 265 g/mol. The first kappa shape index (κ1) is 12.4. The van der Waals surface area contributed by atoms with E-state index < -0.39 is 24.3 Å². The molecule has 2 aromatic heterocycles. The van der Waals surface area contributed by atoms with Gasteiger partial charge in [0.2, 0.25) is 0 Å². The maximum Gasteiger partial charge on any atom is 0.158 e. The van der Waals surface area contributed by atoms with E-state index in [0.717, 1.165) is 0 Å². The number of aliphatic hydroxyl groups excluding tert-OH is 3. The molecule has 102 valence electrons. The van der Waals surface area contributed by atoms with Crippen LogP contribution < -0.4 is 5.32 Å². The first-order valence-corrected chi connectivity index (χ1v) is 6.00. The van der Waals surface area contributed by atoms with Crippen molar-refractivity contribution in [2.24, 2.45) is 0 Å². The predicted molar refractivity (Wildman–Crippen MR) is 66.5 cm³/mol. The lowest BCUT2D eigenvalue weighted by Gasteiger charge is -2.15. The van der Waals surface area contributed by atoms with Gasteiger partial charge in [-0.3, -0.25) is 4.98 Å². The molecule has 0 spiro atoms. The van der Waals surface area contributed by atoms with E-state index in [1.165, 1.54) is 6.20 Å². The summed E-state index contributed by atoms with van der Waals surface area (Å²) in [6.45, 7) is -0.263. The van der Waals surface area contributed by atoms with Crippen LogP contribution in [0.4, 0.5) is 0 Å². The van der Waals surface area contributed by atoms with Gasteiger partial charge < -0.3 is 30.7 Å². The van der Waals surface area contributed by atoms with Gasteiger partial charge in [-0.15, -0.1) is 0 Å². The van der Waals surface area contributed by atoms with Crippen LogP contribution in [-0.4, -0.2) is 55.3 Å². The summed E-state index contributed by atoms with van der Waals surface area (Å²) >= 11 is 0. The topological polar surface area (TPSA) is 122 Å². The molecule has 3 heterocycles. The highest BCUT2D eigenvalue weighted by molar-refractivity contribution is 5.87. The van der Waals surface area contributed by atoms with Crippen molar-refractivity contribution < 1.29 is 20.4 Å². The Bertz CT molecular complexity index is 600. The Morgan fingerprint density at radius 2 is 2.00 bits per heavy atom. The number of aliphatic hydroxyl groups is 3. The molecule has 4 unspecified atom stereocenters. The van der Waals surface area contributed by atoms with E-state index in [9.17, 15) is 15.3 Å². The van der Waals surface area contributed by atoms with Crippen molar-refractivity contribution in [2.45, 2.75) is 24.3 Å². The van der Waals surface area contributed by atoms with Crippen molar-refractivity contribution in [1.82, 2.24) is 15.3 Å². The molecule has 2 aromatic rings. The van der Waals surface area contributed by atoms with Gasteiger partial charge in [0.05, 0.1) is 36.5 Å². The third-order valence-corrected chi connectivity index (χ3v) is 3.64. The Morgan fingerprint density at radius 1 is 1.21 bits per heavy atom. The lowest BCUT2D eigenvalue weighted by Crippen LogP contribution is -2.35. The van der Waals surface area contributed by atoms with Crippen LogP contribution in [0.5, 0.6) is 5.75 Å². The Hall–Kier alpha value is -1.67. The molecule has 1 fully saturated rings. The summed E-state index contributed by atoms with van der Waals surface area (Å²) in [6.07, 6.45) is 2.49. The second kappa shape index (κ2) is 4.46. The van der Waals surface area contributed by atoms with Gasteiger partial charge in [0.25, 0.3) is 0 Å². The summed E-state index contributed by atoms with van der Waals surface area (Å²) in [5.74, 6) is 0.0236. The molecule has 19 heavy (non-hydrogen) atoms. The molecule has 1 aliphatic heterocycles. The highest BCUT2D eigenvalue weighted by Crippen LogP contribution is 2.34. The van der Waals surface area contributed by atoms with Crippen LogP contribution in [0.1, 0.15) is 11.6 Å². The van der Waals surface area contributed by atoms with Gasteiger partial charge in [0, 0.05) is 17.8 Å². The van der Waals surface area contributed by atoms with Crippen molar-refractivity contribution in [3.8, 4) is 5.75 Å². The number of aromatic hydroxyl groups is 1. The Balaban J connectivity index is 2.04. The van der Waals surface area contributed by atoms with Crippen LogP contribution >= 0.6 is 0 Å². The molecular formula is C12H15N3O4. The molecular weight excluding hydrogens is 250 g/mol. The summed E-state index contributed by atoms with van der Waals surface area (Å²) < 4.78 is 0. The van der Waals surface area contributed by atoms with Gasteiger partial charge in [-0.1, -0.05) is 0 Å². The van der Waals surface area contributed by atoms with Gasteiger partial charge in [-0.25, -0.2) is 0 Å². The predicted octanol–water partition coefficient (Wildman–Crippen LogP) is -1.00. The molecule has 3 rings (SSSR count). The van der Waals surface area contributed by atoms with E-state index in [1.807, 2.05) is 0 Å². The first-order chi connectivity index (χ1) is 9.13. The van der Waals surface area contributed by atoms with E-state index in [-0.39, 0.29) is 12.4 Å². The van der Waals surface area contributed by atoms with Gasteiger partial charge in [0.1, 0.15) is 6.10 Å². The zero-order valence-corrected chi connectivity index (χ0v) is 9.98. The minimum atomic E-state index is -1.04. The van der Waals surface area contributed by atoms with Crippen molar-refractivity contribution >= 4 is 10.9 Å². The fraction of sp³-hybridized carbons (Fsp3) is 0.417. The average Bonchev–Trinajstić information content (AvgIpc) is 2.94. The van der Waals surface area contributed by atoms with Gasteiger partial charge in [0.15, 0.2) is 5.75 Å². The number of hydrogen-bond donors (Lipinski definition) is 6. The van der Waals surface area contributed by atoms with E-state index in [4.69, 9.17) is 5.11 Å². The Kier molecular flexibility index (Phi) is 2.90. The molecule has 1 aliphatic rings. The normalized spacial score (nSPS) is 31.1. The Morgan fingerprint density at radius 3 is 2.68 bits per heavy atom. The van der Waals surface area contributed by atoms with E-state index in [0.29, 0.717) is 16.5 Å². The van der Waals surface area contributed by atoms with Crippen molar-refractivity contribution in [3.05, 3.63) is 24.2 Å². The number of rotatable bonds is 2. The molecule has 1 saturated heterocycles. The summed E-state index contributed by atoms with van der Waals surface area (Å²) in [5, 5.41) is 42.3. The number of H-pyrrole nitrogens is 1. The van der Waals surface area contributed by atoms with Crippen LogP contribution in [-0.2, 0) is 0 Å². The van der Waals surface area contributed by atoms with Crippen molar-refractivity contribution in [1.29, 1.82) is 0 Å². The van der Waals surface area contributed by atoms with E-state index >= 15 is 0 Å². The molecule has 0 radical (unpaired) electrons. The summed E-state index contributed by atoms with van der Waals surface area (Å²) in [5.41, 5.74) is 1.22. The molecule has 4 atom stereocenters. The number of nitrogens with one attached hydrogen (secondary N) is 2. The maximum atomic E-state index is 10.0. The number of fused-ring (bicyclic) bond motifs is 1. The van der Waals surface area contributed by atoms with Crippen LogP contribution in [0, 0.1) is 0 Å². The minimum absolute atomic E-state index is 0.0236. The second-order valence-electron chi connectivity index (χ2n) is 4.74. The second-order valence-corrected chi connectivity index (χ2v) is 4.74. The lowest BCUT2D eigenvalue weighted by molar-refractivity contribution is 0.0196. The minimum Gasteiger partial charge on any atom is -0.504 e. The van der Waals surface area contributed by atoms with Crippen molar-refractivity contribution in [2.75, 3.05) is 6.61 Å². The number of hydrogen-bond acceptors (Lipinski definition) is 6. The fourth-order valence-electron chi connectivity index (χ4n) is 2.60. The van der Waals surface area contributed by atoms with E-state index in [2.05, 4.69) is 15.3 Å². The zero-order valence-electron chi connectivity index (χ0n) is 9.98. The van der Waals surface area contributed by atoms with Gasteiger partial charge in [-0.2, -0.15) is 0 Å². The molecule has 0 aliphatic carbocycles. The number of nitrogens with zero attached hydrogens (tertiary/aromatic N) is 1. The first-order valence-electron chi connectivity index (χ1n) is 6.00. The van der Waals surface area contributed by atoms with Crippen LogP contribution in [0.3, 0.4) is 0 Å². The highest BCUT2D eigenvalue weighted by Gasteiger charge is 2.42. The quantitative estimate of drug-likeness (QED) is 0.414.